The summed E-state index contributed by atoms with van der Waals surface area (Å²) in [6.45, 7) is 4.68. The quantitative estimate of drug-likeness (QED) is 0.653. The number of rotatable bonds is 3. The zero-order valence-electron chi connectivity index (χ0n) is 9.17. The minimum Gasteiger partial charge on any atom is -0.397 e. The first kappa shape index (κ1) is 11.2. The summed E-state index contributed by atoms with van der Waals surface area (Å²) in [6, 6.07) is 0. The lowest BCUT2D eigenvalue weighted by molar-refractivity contribution is 0.220. The van der Waals surface area contributed by atoms with Crippen LogP contribution in [0.15, 0.2) is 0 Å². The second-order valence-electron chi connectivity index (χ2n) is 4.34. The van der Waals surface area contributed by atoms with Gasteiger partial charge in [0.25, 0.3) is 0 Å². The van der Waals surface area contributed by atoms with Crippen molar-refractivity contribution in [1.82, 2.24) is 0 Å². The minimum atomic E-state index is -0.989. The highest BCUT2D eigenvalue weighted by Gasteiger charge is 2.33. The fourth-order valence-electron chi connectivity index (χ4n) is 2.56. The standard InChI is InChI=1S/C10H21O2Si/c1-8-5-9(2)7-10(6-8)13(11-3)12-4/h8-10H,5-7H2,1-4H3. The molecule has 0 saturated heterocycles. The monoisotopic (exact) mass is 201 g/mol. The molecule has 77 valence electrons. The molecule has 0 spiro atoms. The lowest BCUT2D eigenvalue weighted by Gasteiger charge is -2.33. The Labute approximate surface area is 83.5 Å². The van der Waals surface area contributed by atoms with Gasteiger partial charge in [-0.15, -0.1) is 0 Å². The maximum Gasteiger partial charge on any atom is 0.387 e. The smallest absolute Gasteiger partial charge is 0.387 e. The van der Waals surface area contributed by atoms with Crippen molar-refractivity contribution in [2.75, 3.05) is 14.2 Å². The molecule has 2 atom stereocenters. The Hall–Kier alpha value is 0.137. The summed E-state index contributed by atoms with van der Waals surface area (Å²) in [5.74, 6) is 1.69. The van der Waals surface area contributed by atoms with Crippen molar-refractivity contribution in [3.63, 3.8) is 0 Å². The van der Waals surface area contributed by atoms with Gasteiger partial charge in [0.2, 0.25) is 0 Å². The number of hydrogen-bond donors (Lipinski definition) is 0. The molecule has 1 saturated carbocycles. The van der Waals surface area contributed by atoms with Gasteiger partial charge in [0.15, 0.2) is 0 Å². The predicted molar refractivity (Wildman–Crippen MR) is 55.7 cm³/mol. The second kappa shape index (κ2) is 5.13. The Morgan fingerprint density at radius 1 is 0.923 bits per heavy atom. The van der Waals surface area contributed by atoms with Crippen molar-refractivity contribution in [3.05, 3.63) is 0 Å². The molecule has 13 heavy (non-hydrogen) atoms. The van der Waals surface area contributed by atoms with Gasteiger partial charge >= 0.3 is 9.28 Å². The van der Waals surface area contributed by atoms with E-state index in [1.54, 1.807) is 14.2 Å². The zero-order chi connectivity index (χ0) is 9.84. The molecule has 0 aromatic heterocycles. The van der Waals surface area contributed by atoms with Crippen molar-refractivity contribution in [2.24, 2.45) is 11.8 Å². The molecule has 0 amide bonds. The van der Waals surface area contributed by atoms with Crippen LogP contribution in [0.3, 0.4) is 0 Å². The average Bonchev–Trinajstić information content (AvgIpc) is 2.04. The SMILES string of the molecule is CO[Si](OC)C1CC(C)CC(C)C1. The molecule has 1 aliphatic rings. The van der Waals surface area contributed by atoms with Crippen LogP contribution in [0.25, 0.3) is 0 Å². The van der Waals surface area contributed by atoms with E-state index < -0.39 is 9.28 Å². The summed E-state index contributed by atoms with van der Waals surface area (Å²) < 4.78 is 10.8. The van der Waals surface area contributed by atoms with E-state index in [-0.39, 0.29) is 0 Å². The van der Waals surface area contributed by atoms with Crippen LogP contribution in [0.1, 0.15) is 33.1 Å². The van der Waals surface area contributed by atoms with Gasteiger partial charge in [-0.1, -0.05) is 13.8 Å². The van der Waals surface area contributed by atoms with Crippen molar-refractivity contribution in [2.45, 2.75) is 38.7 Å². The molecule has 1 fully saturated rings. The van der Waals surface area contributed by atoms with Gasteiger partial charge in [0.05, 0.1) is 0 Å². The first-order chi connectivity index (χ1) is 6.17. The van der Waals surface area contributed by atoms with Crippen molar-refractivity contribution >= 4 is 9.28 Å². The summed E-state index contributed by atoms with van der Waals surface area (Å²) in [5, 5.41) is 0. The molecular formula is C10H21O2Si. The van der Waals surface area contributed by atoms with Crippen LogP contribution in [-0.2, 0) is 8.85 Å². The molecule has 0 aliphatic heterocycles. The summed E-state index contributed by atoms with van der Waals surface area (Å²) in [5.41, 5.74) is 0.693. The normalized spacial score (nSPS) is 35.3. The fourth-order valence-corrected chi connectivity index (χ4v) is 4.58. The predicted octanol–water partition coefficient (Wildman–Crippen LogP) is 2.59. The van der Waals surface area contributed by atoms with E-state index in [9.17, 15) is 0 Å². The number of hydrogen-bond acceptors (Lipinski definition) is 2. The van der Waals surface area contributed by atoms with E-state index in [4.69, 9.17) is 8.85 Å². The van der Waals surface area contributed by atoms with Crippen LogP contribution in [0.2, 0.25) is 5.54 Å². The van der Waals surface area contributed by atoms with Crippen molar-refractivity contribution in [1.29, 1.82) is 0 Å². The molecule has 3 heteroatoms. The van der Waals surface area contributed by atoms with Gasteiger partial charge in [-0.3, -0.25) is 0 Å². The largest absolute Gasteiger partial charge is 0.397 e. The molecular weight excluding hydrogens is 180 g/mol. The van der Waals surface area contributed by atoms with Gasteiger partial charge in [0, 0.05) is 19.8 Å². The molecule has 2 nitrogen and oxygen atoms in total. The maximum absolute atomic E-state index is 5.42. The molecule has 0 heterocycles. The van der Waals surface area contributed by atoms with E-state index in [2.05, 4.69) is 13.8 Å². The van der Waals surface area contributed by atoms with E-state index in [1.807, 2.05) is 0 Å². The summed E-state index contributed by atoms with van der Waals surface area (Å²) >= 11 is 0. The Morgan fingerprint density at radius 2 is 1.38 bits per heavy atom. The lowest BCUT2D eigenvalue weighted by atomic mass is 9.83. The van der Waals surface area contributed by atoms with Crippen LogP contribution in [0, 0.1) is 11.8 Å². The first-order valence-corrected chi connectivity index (χ1v) is 6.51. The van der Waals surface area contributed by atoms with E-state index in [0.29, 0.717) is 5.54 Å². The molecule has 0 aromatic rings. The van der Waals surface area contributed by atoms with Crippen LogP contribution < -0.4 is 0 Å². The molecule has 1 aliphatic carbocycles. The Morgan fingerprint density at radius 3 is 1.77 bits per heavy atom. The average molecular weight is 201 g/mol. The van der Waals surface area contributed by atoms with Gasteiger partial charge < -0.3 is 8.85 Å². The van der Waals surface area contributed by atoms with Crippen molar-refractivity contribution in [3.8, 4) is 0 Å². The Kier molecular flexibility index (Phi) is 4.42. The van der Waals surface area contributed by atoms with Crippen LogP contribution in [0.4, 0.5) is 0 Å². The molecule has 1 rings (SSSR count). The zero-order valence-corrected chi connectivity index (χ0v) is 10.2. The van der Waals surface area contributed by atoms with E-state index in [0.717, 1.165) is 11.8 Å². The molecule has 1 radical (unpaired) electrons. The highest BCUT2D eigenvalue weighted by molar-refractivity contribution is 6.46. The van der Waals surface area contributed by atoms with Gasteiger partial charge in [-0.2, -0.15) is 0 Å². The highest BCUT2D eigenvalue weighted by Crippen LogP contribution is 2.38. The van der Waals surface area contributed by atoms with Gasteiger partial charge in [0.1, 0.15) is 0 Å². The molecule has 0 bridgehead atoms. The van der Waals surface area contributed by atoms with Gasteiger partial charge in [-0.05, 0) is 31.1 Å². The van der Waals surface area contributed by atoms with E-state index in [1.165, 1.54) is 19.3 Å². The lowest BCUT2D eigenvalue weighted by Crippen LogP contribution is -2.31. The van der Waals surface area contributed by atoms with Crippen LogP contribution in [0.5, 0.6) is 0 Å². The molecule has 2 unspecified atom stereocenters. The summed E-state index contributed by atoms with van der Waals surface area (Å²) in [4.78, 5) is 0. The van der Waals surface area contributed by atoms with Gasteiger partial charge in [-0.25, -0.2) is 0 Å². The Balaban J connectivity index is 2.48. The highest BCUT2D eigenvalue weighted by atomic mass is 28.3. The molecule has 0 aromatic carbocycles. The fraction of sp³-hybridized carbons (Fsp3) is 1.00. The van der Waals surface area contributed by atoms with Crippen LogP contribution >= 0.6 is 0 Å². The van der Waals surface area contributed by atoms with E-state index >= 15 is 0 Å². The third-order valence-electron chi connectivity index (χ3n) is 2.91. The molecule has 0 N–H and O–H groups in total. The summed E-state index contributed by atoms with van der Waals surface area (Å²) in [6.07, 6.45) is 3.96. The minimum absolute atomic E-state index is 0.693. The van der Waals surface area contributed by atoms with Crippen molar-refractivity contribution < 1.29 is 8.85 Å². The third-order valence-corrected chi connectivity index (χ3v) is 4.86. The Bertz CT molecular complexity index is 138. The van der Waals surface area contributed by atoms with Crippen LogP contribution in [-0.4, -0.2) is 23.5 Å². The second-order valence-corrected chi connectivity index (χ2v) is 6.61. The summed E-state index contributed by atoms with van der Waals surface area (Å²) in [7, 11) is 2.57. The first-order valence-electron chi connectivity index (χ1n) is 5.12. The third kappa shape index (κ3) is 3.08. The topological polar surface area (TPSA) is 18.5 Å². The maximum atomic E-state index is 5.42.